The van der Waals surface area contributed by atoms with Gasteiger partial charge in [0.1, 0.15) is 0 Å². The van der Waals surface area contributed by atoms with E-state index < -0.39 is 0 Å². The number of nitrogens with zero attached hydrogens (tertiary/aromatic N) is 2. The van der Waals surface area contributed by atoms with E-state index >= 15 is 0 Å². The highest BCUT2D eigenvalue weighted by atomic mass is 15.2. The Hall–Kier alpha value is -0.870. The van der Waals surface area contributed by atoms with Gasteiger partial charge in [-0.3, -0.25) is 10.00 Å². The molecule has 2 aliphatic heterocycles. The minimum absolute atomic E-state index is 0.738. The second-order valence-electron chi connectivity index (χ2n) is 4.74. The molecule has 0 unspecified atom stereocenters. The van der Waals surface area contributed by atoms with Crippen LogP contribution in [0.2, 0.25) is 0 Å². The average Bonchev–Trinajstić information content (AvgIpc) is 2.86. The lowest BCUT2D eigenvalue weighted by Gasteiger charge is -2.24. The third-order valence-corrected chi connectivity index (χ3v) is 3.63. The highest BCUT2D eigenvalue weighted by molar-refractivity contribution is 5.00. The molecule has 0 radical (unpaired) electrons. The minimum atomic E-state index is 0.738. The molecule has 2 N–H and O–H groups in total. The lowest BCUT2D eigenvalue weighted by molar-refractivity contribution is 0.309. The molecule has 2 aliphatic rings. The van der Waals surface area contributed by atoms with Gasteiger partial charge < -0.3 is 5.32 Å². The van der Waals surface area contributed by atoms with Gasteiger partial charge in [0.25, 0.3) is 0 Å². The fourth-order valence-electron chi connectivity index (χ4n) is 2.88. The van der Waals surface area contributed by atoms with Crippen molar-refractivity contribution in [1.29, 1.82) is 0 Å². The molecule has 2 atom stereocenters. The number of aromatic nitrogens is 2. The Bertz CT molecular complexity index is 294. The fraction of sp³-hybridized carbons (Fsp3) is 0.727. The molecule has 0 bridgehead atoms. The molecule has 3 heterocycles. The van der Waals surface area contributed by atoms with E-state index in [9.17, 15) is 0 Å². The summed E-state index contributed by atoms with van der Waals surface area (Å²) in [6.45, 7) is 4.67. The van der Waals surface area contributed by atoms with Crippen LogP contribution in [-0.2, 0) is 6.54 Å². The van der Waals surface area contributed by atoms with Crippen molar-refractivity contribution in [2.45, 2.75) is 25.4 Å². The number of fused-ring (bicyclic) bond motifs is 1. The number of nitrogens with one attached hydrogen (secondary N) is 2. The Morgan fingerprint density at radius 2 is 2.47 bits per heavy atom. The Balaban J connectivity index is 1.60. The first-order valence-corrected chi connectivity index (χ1v) is 5.86. The molecule has 0 spiro atoms. The number of likely N-dealkylation sites (tertiary alicyclic amines) is 1. The first kappa shape index (κ1) is 9.36. The van der Waals surface area contributed by atoms with Crippen LogP contribution >= 0.6 is 0 Å². The smallest absolute Gasteiger partial charge is 0.0492 e. The zero-order chi connectivity index (χ0) is 10.1. The molecule has 82 valence electrons. The predicted molar refractivity (Wildman–Crippen MR) is 58.4 cm³/mol. The maximum Gasteiger partial charge on any atom is 0.0492 e. The van der Waals surface area contributed by atoms with E-state index in [1.807, 2.05) is 6.20 Å². The maximum atomic E-state index is 3.99. The molecule has 0 saturated carbocycles. The Kier molecular flexibility index (Phi) is 2.46. The summed E-state index contributed by atoms with van der Waals surface area (Å²) in [5.41, 5.74) is 1.23. The summed E-state index contributed by atoms with van der Waals surface area (Å²) in [5.74, 6) is 0.877. The fourth-order valence-corrected chi connectivity index (χ4v) is 2.88. The molecule has 0 amide bonds. The maximum absolute atomic E-state index is 3.99. The molecule has 4 heteroatoms. The Morgan fingerprint density at radius 3 is 3.27 bits per heavy atom. The number of hydrogen-bond acceptors (Lipinski definition) is 3. The molecule has 2 fully saturated rings. The van der Waals surface area contributed by atoms with E-state index in [1.54, 1.807) is 0 Å². The summed E-state index contributed by atoms with van der Waals surface area (Å²) in [6, 6.07) is 2.80. The quantitative estimate of drug-likeness (QED) is 0.744. The summed E-state index contributed by atoms with van der Waals surface area (Å²) in [4.78, 5) is 2.53. The highest BCUT2D eigenvalue weighted by Crippen LogP contribution is 2.25. The zero-order valence-corrected chi connectivity index (χ0v) is 8.95. The van der Waals surface area contributed by atoms with Crippen LogP contribution in [0.25, 0.3) is 0 Å². The number of H-pyrrole nitrogens is 1. The van der Waals surface area contributed by atoms with Crippen LogP contribution in [0.15, 0.2) is 12.3 Å². The van der Waals surface area contributed by atoms with Crippen LogP contribution in [0, 0.1) is 5.92 Å². The SMILES string of the molecule is c1cc(CN2C[C@@H]3CCCN[C@@H]3C2)[nH]n1. The third-order valence-electron chi connectivity index (χ3n) is 3.63. The Labute approximate surface area is 90.0 Å². The molecule has 2 saturated heterocycles. The molecule has 0 aliphatic carbocycles. The number of hydrogen-bond donors (Lipinski definition) is 2. The number of aromatic amines is 1. The first-order valence-electron chi connectivity index (χ1n) is 5.86. The molecule has 1 aromatic rings. The summed E-state index contributed by atoms with van der Waals surface area (Å²) >= 11 is 0. The van der Waals surface area contributed by atoms with Gasteiger partial charge in [-0.1, -0.05) is 0 Å². The zero-order valence-electron chi connectivity index (χ0n) is 8.95. The highest BCUT2D eigenvalue weighted by Gasteiger charge is 2.33. The molecule has 1 aromatic heterocycles. The van der Waals surface area contributed by atoms with Crippen LogP contribution in [0.5, 0.6) is 0 Å². The minimum Gasteiger partial charge on any atom is -0.312 e. The summed E-state index contributed by atoms with van der Waals surface area (Å²) in [5, 5.41) is 10.6. The van der Waals surface area contributed by atoms with Gasteiger partial charge in [0.05, 0.1) is 0 Å². The number of piperidine rings is 1. The lowest BCUT2D eigenvalue weighted by Crippen LogP contribution is -2.40. The predicted octanol–water partition coefficient (Wildman–Crippen LogP) is 0.593. The van der Waals surface area contributed by atoms with Gasteiger partial charge in [-0.2, -0.15) is 5.10 Å². The summed E-state index contributed by atoms with van der Waals surface area (Å²) in [7, 11) is 0. The molecular weight excluding hydrogens is 188 g/mol. The lowest BCUT2D eigenvalue weighted by atomic mass is 9.94. The normalized spacial score (nSPS) is 31.7. The van der Waals surface area contributed by atoms with E-state index in [0.717, 1.165) is 18.5 Å². The van der Waals surface area contributed by atoms with Crippen molar-refractivity contribution in [2.75, 3.05) is 19.6 Å². The second-order valence-corrected chi connectivity index (χ2v) is 4.74. The standard InChI is InChI=1S/C11H18N4/c1-2-9-6-15(8-11(9)12-4-1)7-10-3-5-13-14-10/h3,5,9,11-12H,1-2,4,6-8H2,(H,13,14)/t9-,11+/m0/s1. The molecule has 0 aromatic carbocycles. The molecule has 15 heavy (non-hydrogen) atoms. The van der Waals surface area contributed by atoms with Crippen molar-refractivity contribution in [3.63, 3.8) is 0 Å². The average molecular weight is 206 g/mol. The van der Waals surface area contributed by atoms with Crippen molar-refractivity contribution in [2.24, 2.45) is 5.92 Å². The first-order chi connectivity index (χ1) is 7.42. The number of rotatable bonds is 2. The third kappa shape index (κ3) is 1.92. The van der Waals surface area contributed by atoms with Crippen LogP contribution in [0.3, 0.4) is 0 Å². The van der Waals surface area contributed by atoms with E-state index in [0.29, 0.717) is 0 Å². The van der Waals surface area contributed by atoms with Gasteiger partial charge in [-0.05, 0) is 31.4 Å². The van der Waals surface area contributed by atoms with Crippen LogP contribution < -0.4 is 5.32 Å². The monoisotopic (exact) mass is 206 g/mol. The van der Waals surface area contributed by atoms with Crippen LogP contribution in [0.1, 0.15) is 18.5 Å². The van der Waals surface area contributed by atoms with Crippen molar-refractivity contribution in [1.82, 2.24) is 20.4 Å². The molecule has 3 rings (SSSR count). The van der Waals surface area contributed by atoms with Gasteiger partial charge in [-0.25, -0.2) is 0 Å². The topological polar surface area (TPSA) is 44.0 Å². The second kappa shape index (κ2) is 3.94. The van der Waals surface area contributed by atoms with Gasteiger partial charge in [0.2, 0.25) is 0 Å². The van der Waals surface area contributed by atoms with Crippen LogP contribution in [0.4, 0.5) is 0 Å². The van der Waals surface area contributed by atoms with E-state index in [1.165, 1.54) is 38.2 Å². The summed E-state index contributed by atoms with van der Waals surface area (Å²) in [6.07, 6.45) is 4.58. The summed E-state index contributed by atoms with van der Waals surface area (Å²) < 4.78 is 0. The van der Waals surface area contributed by atoms with Gasteiger partial charge in [0, 0.05) is 37.6 Å². The van der Waals surface area contributed by atoms with E-state index in [4.69, 9.17) is 0 Å². The largest absolute Gasteiger partial charge is 0.312 e. The van der Waals surface area contributed by atoms with Gasteiger partial charge in [0.15, 0.2) is 0 Å². The van der Waals surface area contributed by atoms with Crippen molar-refractivity contribution in [3.05, 3.63) is 18.0 Å². The van der Waals surface area contributed by atoms with Crippen molar-refractivity contribution >= 4 is 0 Å². The Morgan fingerprint density at radius 1 is 1.47 bits per heavy atom. The van der Waals surface area contributed by atoms with Gasteiger partial charge in [-0.15, -0.1) is 0 Å². The van der Waals surface area contributed by atoms with Gasteiger partial charge >= 0.3 is 0 Å². The molecule has 4 nitrogen and oxygen atoms in total. The van der Waals surface area contributed by atoms with Crippen molar-refractivity contribution < 1.29 is 0 Å². The van der Waals surface area contributed by atoms with Crippen LogP contribution in [-0.4, -0.2) is 40.8 Å². The van der Waals surface area contributed by atoms with E-state index in [2.05, 4.69) is 26.5 Å². The molecular formula is C11H18N4. The van der Waals surface area contributed by atoms with Crippen molar-refractivity contribution in [3.8, 4) is 0 Å². The van der Waals surface area contributed by atoms with E-state index in [-0.39, 0.29) is 0 Å².